The van der Waals surface area contributed by atoms with Crippen LogP contribution in [0.15, 0.2) is 0 Å². The maximum atomic E-state index is 10.9. The first-order valence-electron chi connectivity index (χ1n) is 5.14. The first-order valence-corrected chi connectivity index (χ1v) is 5.14. The summed E-state index contributed by atoms with van der Waals surface area (Å²) in [5, 5.41) is 21.0. The van der Waals surface area contributed by atoms with E-state index in [0.717, 1.165) is 25.7 Å². The van der Waals surface area contributed by atoms with Crippen molar-refractivity contribution in [3.05, 3.63) is 0 Å². The van der Waals surface area contributed by atoms with Crippen LogP contribution in [0.4, 0.5) is 0 Å². The van der Waals surface area contributed by atoms with E-state index in [9.17, 15) is 9.90 Å². The summed E-state index contributed by atoms with van der Waals surface area (Å²) in [5.41, 5.74) is -0.219. The molecule has 0 radical (unpaired) electrons. The van der Waals surface area contributed by atoms with Gasteiger partial charge in [-0.25, -0.2) is 0 Å². The molecule has 1 saturated carbocycles. The van der Waals surface area contributed by atoms with Gasteiger partial charge in [0, 0.05) is 12.0 Å². The molecule has 1 aliphatic rings. The molecule has 0 bridgehead atoms. The summed E-state index contributed by atoms with van der Waals surface area (Å²) in [6.07, 6.45) is 3.56. The van der Waals surface area contributed by atoms with Gasteiger partial charge in [-0.3, -0.25) is 4.79 Å². The van der Waals surface area contributed by atoms with Gasteiger partial charge >= 0.3 is 0 Å². The summed E-state index contributed by atoms with van der Waals surface area (Å²) in [7, 11) is 0. The molecule has 0 aliphatic heterocycles. The van der Waals surface area contributed by atoms with Crippen molar-refractivity contribution in [1.29, 1.82) is 0 Å². The van der Waals surface area contributed by atoms with Crippen LogP contribution in [0.3, 0.4) is 0 Å². The van der Waals surface area contributed by atoms with Gasteiger partial charge in [-0.05, 0) is 12.8 Å². The maximum absolute atomic E-state index is 10.9. The van der Waals surface area contributed by atoms with Gasteiger partial charge in [0.2, 0.25) is 5.91 Å². The summed E-state index contributed by atoms with van der Waals surface area (Å²) < 4.78 is 0. The largest absolute Gasteiger partial charge is 0.392 e. The molecule has 3 N–H and O–H groups in total. The molecule has 0 aromatic rings. The fraction of sp³-hybridized carbons (Fsp3) is 0.900. The number of carbonyl (C=O) groups is 1. The topological polar surface area (TPSA) is 69.6 Å². The summed E-state index contributed by atoms with van der Waals surface area (Å²) in [5.74, 6) is -0.371. The second-order valence-electron chi connectivity index (χ2n) is 4.35. The van der Waals surface area contributed by atoms with Crippen LogP contribution >= 0.6 is 0 Å². The van der Waals surface area contributed by atoms with Crippen molar-refractivity contribution in [3.8, 4) is 0 Å². The number of rotatable bonds is 3. The van der Waals surface area contributed by atoms with Gasteiger partial charge in [0.05, 0.1) is 6.10 Å². The second kappa shape index (κ2) is 4.75. The molecule has 0 saturated heterocycles. The average molecular weight is 201 g/mol. The van der Waals surface area contributed by atoms with Crippen molar-refractivity contribution >= 4 is 5.91 Å². The first kappa shape index (κ1) is 11.5. The predicted octanol–water partition coefficient (Wildman–Crippen LogP) is 0.0361. The number of aliphatic hydroxyl groups excluding tert-OH is 2. The van der Waals surface area contributed by atoms with E-state index in [-0.39, 0.29) is 17.4 Å². The molecule has 2 unspecified atom stereocenters. The standard InChI is InChI=1S/C10H19NO3/c1-10(7-11-9(14)6-12)5-3-2-4-8(10)13/h8,12-13H,2-7H2,1H3,(H,11,14). The second-order valence-corrected chi connectivity index (χ2v) is 4.35. The Bertz CT molecular complexity index is 208. The van der Waals surface area contributed by atoms with E-state index in [2.05, 4.69) is 5.32 Å². The zero-order valence-corrected chi connectivity index (χ0v) is 8.62. The van der Waals surface area contributed by atoms with Crippen LogP contribution in [0.5, 0.6) is 0 Å². The highest BCUT2D eigenvalue weighted by Crippen LogP contribution is 2.35. The van der Waals surface area contributed by atoms with Gasteiger partial charge < -0.3 is 15.5 Å². The van der Waals surface area contributed by atoms with E-state index in [1.165, 1.54) is 0 Å². The Labute approximate surface area is 84.3 Å². The Kier molecular flexibility index (Phi) is 3.89. The highest BCUT2D eigenvalue weighted by Gasteiger charge is 2.35. The van der Waals surface area contributed by atoms with Crippen molar-refractivity contribution in [1.82, 2.24) is 5.32 Å². The number of carbonyl (C=O) groups excluding carboxylic acids is 1. The SMILES string of the molecule is CC1(CNC(=O)CO)CCCCC1O. The lowest BCUT2D eigenvalue weighted by Gasteiger charge is -2.38. The van der Waals surface area contributed by atoms with Gasteiger partial charge in [0.15, 0.2) is 0 Å². The molecule has 0 aromatic carbocycles. The lowest BCUT2D eigenvalue weighted by atomic mass is 9.73. The van der Waals surface area contributed by atoms with Crippen molar-refractivity contribution in [2.75, 3.05) is 13.2 Å². The third-order valence-corrected chi connectivity index (χ3v) is 3.11. The van der Waals surface area contributed by atoms with Crippen molar-refractivity contribution in [2.24, 2.45) is 5.41 Å². The van der Waals surface area contributed by atoms with Crippen LogP contribution < -0.4 is 5.32 Å². The third-order valence-electron chi connectivity index (χ3n) is 3.11. The minimum absolute atomic E-state index is 0.219. The fourth-order valence-electron chi connectivity index (χ4n) is 1.94. The van der Waals surface area contributed by atoms with Gasteiger partial charge in [-0.1, -0.05) is 19.8 Å². The Morgan fingerprint density at radius 2 is 2.29 bits per heavy atom. The molecular weight excluding hydrogens is 182 g/mol. The normalized spacial score (nSPS) is 32.6. The fourth-order valence-corrected chi connectivity index (χ4v) is 1.94. The molecule has 0 spiro atoms. The van der Waals surface area contributed by atoms with E-state index >= 15 is 0 Å². The summed E-state index contributed by atoms with van der Waals surface area (Å²) in [6, 6.07) is 0. The minimum atomic E-state index is -0.480. The number of hydrogen-bond donors (Lipinski definition) is 3. The average Bonchev–Trinajstić information content (AvgIpc) is 2.19. The summed E-state index contributed by atoms with van der Waals surface area (Å²) in [4.78, 5) is 10.9. The van der Waals surface area contributed by atoms with Crippen LogP contribution in [0.1, 0.15) is 32.6 Å². The summed E-state index contributed by atoms with van der Waals surface area (Å²) in [6.45, 7) is 1.95. The van der Waals surface area contributed by atoms with Gasteiger partial charge in [0.1, 0.15) is 6.61 Å². The van der Waals surface area contributed by atoms with Crippen LogP contribution in [0, 0.1) is 5.41 Å². The van der Waals surface area contributed by atoms with Crippen molar-refractivity contribution in [3.63, 3.8) is 0 Å². The lowest BCUT2D eigenvalue weighted by Crippen LogP contribution is -2.45. The highest BCUT2D eigenvalue weighted by molar-refractivity contribution is 5.76. The van der Waals surface area contributed by atoms with E-state index < -0.39 is 6.61 Å². The molecule has 0 aromatic heterocycles. The maximum Gasteiger partial charge on any atom is 0.245 e. The Balaban J connectivity index is 2.43. The lowest BCUT2D eigenvalue weighted by molar-refractivity contribution is -0.125. The molecule has 4 heteroatoms. The van der Waals surface area contributed by atoms with E-state index in [4.69, 9.17) is 5.11 Å². The quantitative estimate of drug-likeness (QED) is 0.603. The van der Waals surface area contributed by atoms with E-state index in [0.29, 0.717) is 6.54 Å². The number of hydrogen-bond acceptors (Lipinski definition) is 3. The van der Waals surface area contributed by atoms with Gasteiger partial charge in [-0.2, -0.15) is 0 Å². The number of nitrogens with one attached hydrogen (secondary N) is 1. The van der Waals surface area contributed by atoms with E-state index in [1.807, 2.05) is 6.92 Å². The molecule has 1 aliphatic carbocycles. The van der Waals surface area contributed by atoms with E-state index in [1.54, 1.807) is 0 Å². The highest BCUT2D eigenvalue weighted by atomic mass is 16.3. The first-order chi connectivity index (χ1) is 6.58. The molecule has 14 heavy (non-hydrogen) atoms. The molecule has 1 rings (SSSR count). The molecular formula is C10H19NO3. The minimum Gasteiger partial charge on any atom is -0.392 e. The molecule has 0 heterocycles. The van der Waals surface area contributed by atoms with Crippen LogP contribution in [-0.4, -0.2) is 35.4 Å². The van der Waals surface area contributed by atoms with Crippen LogP contribution in [-0.2, 0) is 4.79 Å². The van der Waals surface area contributed by atoms with Crippen LogP contribution in [0.25, 0.3) is 0 Å². The zero-order chi connectivity index (χ0) is 10.6. The van der Waals surface area contributed by atoms with Gasteiger partial charge in [-0.15, -0.1) is 0 Å². The smallest absolute Gasteiger partial charge is 0.245 e. The Morgan fingerprint density at radius 1 is 1.57 bits per heavy atom. The van der Waals surface area contributed by atoms with Crippen molar-refractivity contribution < 1.29 is 15.0 Å². The summed E-state index contributed by atoms with van der Waals surface area (Å²) >= 11 is 0. The third kappa shape index (κ3) is 2.69. The monoisotopic (exact) mass is 201 g/mol. The molecule has 4 nitrogen and oxygen atoms in total. The Morgan fingerprint density at radius 3 is 2.86 bits per heavy atom. The molecule has 1 fully saturated rings. The molecule has 2 atom stereocenters. The number of aliphatic hydroxyl groups is 2. The molecule has 1 amide bonds. The Hall–Kier alpha value is -0.610. The zero-order valence-electron chi connectivity index (χ0n) is 8.62. The number of amides is 1. The van der Waals surface area contributed by atoms with Crippen LogP contribution in [0.2, 0.25) is 0 Å². The predicted molar refractivity (Wildman–Crippen MR) is 52.7 cm³/mol. The molecule has 82 valence electrons. The van der Waals surface area contributed by atoms with Crippen molar-refractivity contribution in [2.45, 2.75) is 38.7 Å². The van der Waals surface area contributed by atoms with Gasteiger partial charge in [0.25, 0.3) is 0 Å².